The summed E-state index contributed by atoms with van der Waals surface area (Å²) in [6.45, 7) is 0. The van der Waals surface area contributed by atoms with Crippen LogP contribution in [0.5, 0.6) is 0 Å². The van der Waals surface area contributed by atoms with E-state index < -0.39 is 0 Å². The minimum atomic E-state index is 0.398. The summed E-state index contributed by atoms with van der Waals surface area (Å²) in [5.74, 6) is 2.52. The van der Waals surface area contributed by atoms with Gasteiger partial charge in [-0.15, -0.1) is 0 Å². The molecule has 0 atom stereocenters. The van der Waals surface area contributed by atoms with Gasteiger partial charge in [0.2, 0.25) is 0 Å². The molecule has 2 aromatic heterocycles. The lowest BCUT2D eigenvalue weighted by Gasteiger charge is -2.25. The first-order valence-corrected chi connectivity index (χ1v) is 11.4. The van der Waals surface area contributed by atoms with Crippen molar-refractivity contribution in [2.45, 2.75) is 89.1 Å². The molecular weight excluding hydrogens is 346 g/mol. The van der Waals surface area contributed by atoms with Crippen LogP contribution in [-0.2, 0) is 12.8 Å². The largest absolute Gasteiger partial charge is 0.328 e. The fraction of sp³-hybridized carbons (Fsp3) is 0.696. The first kappa shape index (κ1) is 18.3. The predicted octanol–water partition coefficient (Wildman–Crippen LogP) is 4.47. The molecule has 3 aliphatic rings. The summed E-state index contributed by atoms with van der Waals surface area (Å²) in [7, 11) is 0. The quantitative estimate of drug-likeness (QED) is 0.804. The number of hydrogen-bond donors (Lipinski definition) is 1. The van der Waals surface area contributed by atoms with Gasteiger partial charge < -0.3 is 5.73 Å². The van der Waals surface area contributed by atoms with E-state index in [1.807, 2.05) is 6.20 Å². The molecule has 28 heavy (non-hydrogen) atoms. The third-order valence-electron chi connectivity index (χ3n) is 7.09. The van der Waals surface area contributed by atoms with Crippen LogP contribution in [0, 0.1) is 11.8 Å². The number of nitrogens with zero attached hydrogens (tertiary/aromatic N) is 4. The molecule has 0 aromatic carbocycles. The van der Waals surface area contributed by atoms with Crippen LogP contribution < -0.4 is 5.73 Å². The zero-order chi connectivity index (χ0) is 18.9. The minimum Gasteiger partial charge on any atom is -0.328 e. The molecule has 150 valence electrons. The number of nitrogens with two attached hydrogens (primary N) is 1. The van der Waals surface area contributed by atoms with Gasteiger partial charge in [0, 0.05) is 29.9 Å². The molecule has 0 bridgehead atoms. The first-order valence-electron chi connectivity index (χ1n) is 11.4. The topological polar surface area (TPSA) is 69.6 Å². The molecule has 2 heterocycles. The molecular formula is C23H33N5. The van der Waals surface area contributed by atoms with E-state index in [1.54, 1.807) is 0 Å². The van der Waals surface area contributed by atoms with Gasteiger partial charge in [0.15, 0.2) is 0 Å². The lowest BCUT2D eigenvalue weighted by Crippen LogP contribution is -2.27. The maximum Gasteiger partial charge on any atom is 0.129 e. The highest BCUT2D eigenvalue weighted by atomic mass is 15.3. The maximum absolute atomic E-state index is 6.07. The molecule has 3 saturated carbocycles. The third kappa shape index (κ3) is 4.00. The Morgan fingerprint density at radius 2 is 1.64 bits per heavy atom. The van der Waals surface area contributed by atoms with Gasteiger partial charge in [-0.1, -0.05) is 12.8 Å². The summed E-state index contributed by atoms with van der Waals surface area (Å²) in [4.78, 5) is 9.58. The van der Waals surface area contributed by atoms with Gasteiger partial charge in [0.05, 0.1) is 17.9 Å². The normalized spacial score (nSPS) is 26.0. The van der Waals surface area contributed by atoms with Crippen LogP contribution in [0.15, 0.2) is 18.5 Å². The lowest BCUT2D eigenvalue weighted by molar-refractivity contribution is 0.321. The second-order valence-electron chi connectivity index (χ2n) is 9.38. The molecule has 0 saturated heterocycles. The number of aromatic nitrogens is 4. The van der Waals surface area contributed by atoms with Crippen molar-refractivity contribution in [3.63, 3.8) is 0 Å². The average Bonchev–Trinajstić information content (AvgIpc) is 3.18. The summed E-state index contributed by atoms with van der Waals surface area (Å²) in [5.41, 5.74) is 9.80. The van der Waals surface area contributed by atoms with Crippen LogP contribution in [0.25, 0.3) is 11.3 Å². The average molecular weight is 380 g/mol. The van der Waals surface area contributed by atoms with Crippen molar-refractivity contribution in [3.8, 4) is 11.3 Å². The molecule has 2 N–H and O–H groups in total. The Bertz CT molecular complexity index is 795. The summed E-state index contributed by atoms with van der Waals surface area (Å²) in [6, 6.07) is 3.07. The molecule has 5 heteroatoms. The highest BCUT2D eigenvalue weighted by Gasteiger charge is 2.29. The van der Waals surface area contributed by atoms with Crippen molar-refractivity contribution in [2.75, 3.05) is 0 Å². The van der Waals surface area contributed by atoms with Crippen LogP contribution >= 0.6 is 0 Å². The van der Waals surface area contributed by atoms with Crippen molar-refractivity contribution in [1.29, 1.82) is 0 Å². The minimum absolute atomic E-state index is 0.398. The number of rotatable bonds is 6. The SMILES string of the molecule is NC1CCC(Cc2nccc(-c3cnn(C4CCCC4)c3CC3CC3)n2)CC1. The zero-order valence-electron chi connectivity index (χ0n) is 16.9. The van der Waals surface area contributed by atoms with Gasteiger partial charge >= 0.3 is 0 Å². The Hall–Kier alpha value is -1.75. The smallest absolute Gasteiger partial charge is 0.129 e. The number of hydrogen-bond acceptors (Lipinski definition) is 4. The summed E-state index contributed by atoms with van der Waals surface area (Å²) >= 11 is 0. The maximum atomic E-state index is 6.07. The Morgan fingerprint density at radius 3 is 2.39 bits per heavy atom. The van der Waals surface area contributed by atoms with E-state index in [4.69, 9.17) is 15.8 Å². The summed E-state index contributed by atoms with van der Waals surface area (Å²) in [6.07, 6.45) is 18.8. The van der Waals surface area contributed by atoms with Gasteiger partial charge in [-0.25, -0.2) is 9.97 Å². The highest BCUT2D eigenvalue weighted by Crippen LogP contribution is 2.39. The molecule has 0 spiro atoms. The second kappa shape index (κ2) is 7.94. The zero-order valence-corrected chi connectivity index (χ0v) is 16.9. The standard InChI is InChI=1S/C23H33N5/c24-18-9-7-17(8-10-18)14-23-25-12-11-21(27-23)20-15-26-28(19-3-1-2-4-19)22(20)13-16-5-6-16/h11-12,15-19H,1-10,13-14,24H2. The van der Waals surface area contributed by atoms with Gasteiger partial charge in [-0.05, 0) is 75.7 Å². The summed E-state index contributed by atoms with van der Waals surface area (Å²) < 4.78 is 2.35. The predicted molar refractivity (Wildman–Crippen MR) is 111 cm³/mol. The molecule has 5 rings (SSSR count). The van der Waals surface area contributed by atoms with Crippen LogP contribution in [0.4, 0.5) is 0 Å². The second-order valence-corrected chi connectivity index (χ2v) is 9.38. The van der Waals surface area contributed by atoms with Crippen LogP contribution in [0.2, 0.25) is 0 Å². The van der Waals surface area contributed by atoms with Crippen molar-refractivity contribution in [3.05, 3.63) is 30.0 Å². The van der Waals surface area contributed by atoms with E-state index >= 15 is 0 Å². The molecule has 5 nitrogen and oxygen atoms in total. The van der Waals surface area contributed by atoms with E-state index in [9.17, 15) is 0 Å². The third-order valence-corrected chi connectivity index (χ3v) is 7.09. The molecule has 0 radical (unpaired) electrons. The Kier molecular flexibility index (Phi) is 5.19. The monoisotopic (exact) mass is 379 g/mol. The van der Waals surface area contributed by atoms with Crippen molar-refractivity contribution >= 4 is 0 Å². The van der Waals surface area contributed by atoms with E-state index in [0.29, 0.717) is 18.0 Å². The molecule has 3 aliphatic carbocycles. The highest BCUT2D eigenvalue weighted by molar-refractivity contribution is 5.61. The lowest BCUT2D eigenvalue weighted by atomic mass is 9.84. The van der Waals surface area contributed by atoms with Gasteiger partial charge in [0.25, 0.3) is 0 Å². The molecule has 2 aromatic rings. The van der Waals surface area contributed by atoms with Gasteiger partial charge in [0.1, 0.15) is 5.82 Å². The Balaban J connectivity index is 1.39. The van der Waals surface area contributed by atoms with Crippen LogP contribution in [-0.4, -0.2) is 25.8 Å². The fourth-order valence-electron chi connectivity index (χ4n) is 5.16. The van der Waals surface area contributed by atoms with E-state index in [2.05, 4.69) is 21.9 Å². The van der Waals surface area contributed by atoms with Crippen molar-refractivity contribution in [1.82, 2.24) is 19.7 Å². The van der Waals surface area contributed by atoms with Crippen molar-refractivity contribution in [2.24, 2.45) is 17.6 Å². The van der Waals surface area contributed by atoms with Gasteiger partial charge in [-0.3, -0.25) is 4.68 Å². The Morgan fingerprint density at radius 1 is 0.929 bits per heavy atom. The van der Waals surface area contributed by atoms with Crippen LogP contribution in [0.1, 0.15) is 81.8 Å². The van der Waals surface area contributed by atoms with Gasteiger partial charge in [-0.2, -0.15) is 5.10 Å². The van der Waals surface area contributed by atoms with E-state index in [-0.39, 0.29) is 0 Å². The van der Waals surface area contributed by atoms with Crippen LogP contribution in [0.3, 0.4) is 0 Å². The fourth-order valence-corrected chi connectivity index (χ4v) is 5.16. The van der Waals surface area contributed by atoms with E-state index in [0.717, 1.165) is 43.1 Å². The first-order chi connectivity index (χ1) is 13.8. The molecule has 0 aliphatic heterocycles. The van der Waals surface area contributed by atoms with E-state index in [1.165, 1.54) is 62.6 Å². The molecule has 0 amide bonds. The molecule has 3 fully saturated rings. The molecule has 0 unspecified atom stereocenters. The van der Waals surface area contributed by atoms with Crippen molar-refractivity contribution < 1.29 is 0 Å². The summed E-state index contributed by atoms with van der Waals surface area (Å²) in [5, 5.41) is 4.85. The Labute approximate surface area is 168 Å².